The molecule has 2 atom stereocenters. The predicted octanol–water partition coefficient (Wildman–Crippen LogP) is 11.4. The van der Waals surface area contributed by atoms with Crippen LogP contribution >= 0.6 is 7.92 Å². The normalized spacial score (nSPS) is 23.2. The molecule has 0 amide bonds. The number of rotatable bonds is 4. The fourth-order valence-electron chi connectivity index (χ4n) is 8.56. The summed E-state index contributed by atoms with van der Waals surface area (Å²) in [6, 6.07) is 31.8. The number of nitrogens with zero attached hydrogens (tertiary/aromatic N) is 1. The molecular formula is C45H54NOP. The van der Waals surface area contributed by atoms with Gasteiger partial charge in [0, 0.05) is 33.0 Å². The van der Waals surface area contributed by atoms with Gasteiger partial charge in [-0.1, -0.05) is 149 Å². The third kappa shape index (κ3) is 5.20. The first kappa shape index (κ1) is 33.3. The lowest BCUT2D eigenvalue weighted by Gasteiger charge is -2.40. The third-order valence-electron chi connectivity index (χ3n) is 12.5. The number of ether oxygens (including phenoxy) is 1. The fraction of sp³-hybridized carbons (Fsp3) is 0.444. The molecule has 4 aromatic carbocycles. The van der Waals surface area contributed by atoms with Crippen molar-refractivity contribution in [2.24, 2.45) is 21.7 Å². The van der Waals surface area contributed by atoms with E-state index < -0.39 is 7.92 Å². The van der Waals surface area contributed by atoms with Gasteiger partial charge >= 0.3 is 0 Å². The Labute approximate surface area is 291 Å². The standard InChI is InChI=1S/C45H54NOP/c1-41(2,3)30-24-34-39(36(26-30)46-38-28-29-22-23-45(38,11)44(29,9)10)47-40-35(43(34,7)8)25-31(42(4,5)6)27-37(40)48(32-18-14-12-15-19-32)33-20-16-13-17-21-33/h12-21,24-27,29H,22-23,28H2,1-11H3/t29-,45+/m0/s1. The van der Waals surface area contributed by atoms with Crippen molar-refractivity contribution in [1.82, 2.24) is 0 Å². The van der Waals surface area contributed by atoms with E-state index in [9.17, 15) is 0 Å². The molecule has 4 aromatic rings. The minimum absolute atomic E-state index is 0.0223. The Balaban J connectivity index is 1.51. The summed E-state index contributed by atoms with van der Waals surface area (Å²) in [5, 5.41) is 3.95. The lowest BCUT2D eigenvalue weighted by atomic mass is 9.70. The SMILES string of the molecule is CC(C)(C)c1cc(N=C2C[C@@H]3CC[C@@]2(C)C3(C)C)c2c(c1)C(C)(C)c1cc(C(C)(C)C)cc(P(c3ccccc3)c3ccccc3)c1O2. The third-order valence-corrected chi connectivity index (χ3v) is 14.9. The summed E-state index contributed by atoms with van der Waals surface area (Å²) in [5.74, 6) is 2.66. The van der Waals surface area contributed by atoms with Crippen LogP contribution in [0.4, 0.5) is 5.69 Å². The maximum Gasteiger partial charge on any atom is 0.157 e. The summed E-state index contributed by atoms with van der Waals surface area (Å²) >= 11 is 0. The molecule has 0 N–H and O–H groups in total. The highest BCUT2D eigenvalue weighted by atomic mass is 31.1. The number of fused-ring (bicyclic) bond motifs is 4. The smallest absolute Gasteiger partial charge is 0.157 e. The summed E-state index contributed by atoms with van der Waals surface area (Å²) in [6.07, 6.45) is 3.62. The summed E-state index contributed by atoms with van der Waals surface area (Å²) in [4.78, 5) is 5.68. The molecule has 2 aliphatic carbocycles. The van der Waals surface area contributed by atoms with Gasteiger partial charge in [-0.25, -0.2) is 0 Å². The van der Waals surface area contributed by atoms with Crippen LogP contribution in [0.25, 0.3) is 0 Å². The van der Waals surface area contributed by atoms with E-state index in [1.807, 2.05) is 0 Å². The zero-order chi connectivity index (χ0) is 34.4. The van der Waals surface area contributed by atoms with Gasteiger partial charge in [-0.15, -0.1) is 0 Å². The zero-order valence-corrected chi connectivity index (χ0v) is 32.0. The van der Waals surface area contributed by atoms with E-state index in [0.717, 1.165) is 23.6 Å². The molecule has 7 rings (SSSR count). The molecule has 0 radical (unpaired) electrons. The number of hydrogen-bond acceptors (Lipinski definition) is 2. The van der Waals surface area contributed by atoms with Gasteiger partial charge in [0.2, 0.25) is 0 Å². The van der Waals surface area contributed by atoms with Gasteiger partial charge in [0.15, 0.2) is 5.75 Å². The Morgan fingerprint density at radius 1 is 0.688 bits per heavy atom. The highest BCUT2D eigenvalue weighted by molar-refractivity contribution is 7.80. The molecule has 0 aromatic heterocycles. The van der Waals surface area contributed by atoms with E-state index in [0.29, 0.717) is 5.92 Å². The Morgan fingerprint density at radius 3 is 1.69 bits per heavy atom. The molecule has 2 bridgehead atoms. The monoisotopic (exact) mass is 655 g/mol. The van der Waals surface area contributed by atoms with Gasteiger partial charge < -0.3 is 4.74 Å². The molecule has 1 heterocycles. The van der Waals surface area contributed by atoms with E-state index >= 15 is 0 Å². The van der Waals surface area contributed by atoms with E-state index in [4.69, 9.17) is 9.73 Å². The minimum Gasteiger partial charge on any atom is -0.454 e. The predicted molar refractivity (Wildman–Crippen MR) is 208 cm³/mol. The van der Waals surface area contributed by atoms with Crippen LogP contribution < -0.4 is 20.7 Å². The summed E-state index contributed by atoms with van der Waals surface area (Å²) in [7, 11) is -0.888. The van der Waals surface area contributed by atoms with Gasteiger partial charge in [0.1, 0.15) is 11.4 Å². The van der Waals surface area contributed by atoms with Crippen molar-refractivity contribution in [2.45, 2.75) is 112 Å². The Kier molecular flexibility index (Phi) is 7.73. The molecular weight excluding hydrogens is 601 g/mol. The molecule has 2 fully saturated rings. The van der Waals surface area contributed by atoms with Crippen LogP contribution in [0.1, 0.15) is 118 Å². The van der Waals surface area contributed by atoms with E-state index in [-0.39, 0.29) is 27.1 Å². The van der Waals surface area contributed by atoms with Gasteiger partial charge in [-0.2, -0.15) is 0 Å². The highest BCUT2D eigenvalue weighted by Crippen LogP contribution is 2.65. The van der Waals surface area contributed by atoms with Crippen molar-refractivity contribution in [1.29, 1.82) is 0 Å². The molecule has 0 saturated heterocycles. The van der Waals surface area contributed by atoms with Gasteiger partial charge in [-0.3, -0.25) is 4.99 Å². The van der Waals surface area contributed by atoms with Crippen molar-refractivity contribution >= 4 is 35.2 Å². The molecule has 48 heavy (non-hydrogen) atoms. The number of hydrogen-bond donors (Lipinski definition) is 0. The molecule has 2 saturated carbocycles. The van der Waals surface area contributed by atoms with Gasteiger partial charge in [0.25, 0.3) is 0 Å². The second kappa shape index (κ2) is 11.1. The zero-order valence-electron chi connectivity index (χ0n) is 31.1. The molecule has 250 valence electrons. The van der Waals surface area contributed by atoms with Crippen molar-refractivity contribution in [3.63, 3.8) is 0 Å². The fourth-order valence-corrected chi connectivity index (χ4v) is 11.0. The van der Waals surface area contributed by atoms with Crippen LogP contribution in [0.3, 0.4) is 0 Å². The second-order valence-corrected chi connectivity index (χ2v) is 20.2. The van der Waals surface area contributed by atoms with Crippen molar-refractivity contribution in [3.05, 3.63) is 107 Å². The molecule has 0 spiro atoms. The first-order valence-electron chi connectivity index (χ1n) is 18.0. The van der Waals surface area contributed by atoms with Crippen molar-refractivity contribution in [3.8, 4) is 11.5 Å². The molecule has 3 aliphatic rings. The summed E-state index contributed by atoms with van der Waals surface area (Å²) in [6.45, 7) is 26.2. The number of aliphatic imine (C=N–C) groups is 1. The van der Waals surface area contributed by atoms with E-state index in [1.165, 1.54) is 56.7 Å². The number of benzene rings is 4. The molecule has 1 aliphatic heterocycles. The van der Waals surface area contributed by atoms with Crippen LogP contribution in [0.2, 0.25) is 0 Å². The Bertz CT molecular complexity index is 1870. The maximum absolute atomic E-state index is 7.42. The van der Waals surface area contributed by atoms with Crippen LogP contribution in [-0.2, 0) is 16.2 Å². The van der Waals surface area contributed by atoms with Crippen molar-refractivity contribution < 1.29 is 4.74 Å². The Hall–Kier alpha value is -3.22. The highest BCUT2D eigenvalue weighted by Gasteiger charge is 2.60. The van der Waals surface area contributed by atoms with E-state index in [1.54, 1.807) is 0 Å². The average Bonchev–Trinajstić information content (AvgIpc) is 3.35. The lowest BCUT2D eigenvalue weighted by Crippen LogP contribution is -2.33. The van der Waals surface area contributed by atoms with Gasteiger partial charge in [-0.05, 0) is 83.2 Å². The topological polar surface area (TPSA) is 21.6 Å². The van der Waals surface area contributed by atoms with Crippen LogP contribution in [-0.4, -0.2) is 5.71 Å². The molecule has 2 nitrogen and oxygen atoms in total. The molecule has 0 unspecified atom stereocenters. The van der Waals surface area contributed by atoms with Crippen LogP contribution in [0, 0.1) is 16.7 Å². The summed E-state index contributed by atoms with van der Waals surface area (Å²) < 4.78 is 7.42. The first-order valence-corrected chi connectivity index (χ1v) is 19.3. The van der Waals surface area contributed by atoms with Crippen molar-refractivity contribution in [2.75, 3.05) is 0 Å². The van der Waals surface area contributed by atoms with Crippen LogP contribution in [0.5, 0.6) is 11.5 Å². The molecule has 3 heteroatoms. The maximum atomic E-state index is 7.42. The Morgan fingerprint density at radius 2 is 1.21 bits per heavy atom. The largest absolute Gasteiger partial charge is 0.454 e. The quantitative estimate of drug-likeness (QED) is 0.201. The van der Waals surface area contributed by atoms with Gasteiger partial charge in [0.05, 0.1) is 0 Å². The van der Waals surface area contributed by atoms with E-state index in [2.05, 4.69) is 161 Å². The lowest BCUT2D eigenvalue weighted by molar-refractivity contribution is 0.194. The summed E-state index contributed by atoms with van der Waals surface area (Å²) in [5.41, 5.74) is 7.59. The first-order chi connectivity index (χ1) is 22.4. The minimum atomic E-state index is -0.888. The average molecular weight is 656 g/mol. The second-order valence-electron chi connectivity index (χ2n) is 18.0. The van der Waals surface area contributed by atoms with Crippen LogP contribution in [0.15, 0.2) is 89.9 Å².